The number of aryl methyl sites for hydroxylation is 1. The number of ether oxygens (including phenoxy) is 2. The molecular formula is C16H21N5O4. The molecule has 0 spiro atoms. The van der Waals surface area contributed by atoms with E-state index < -0.39 is 4.92 Å². The molecule has 0 saturated heterocycles. The zero-order valence-corrected chi connectivity index (χ0v) is 14.1. The van der Waals surface area contributed by atoms with Gasteiger partial charge in [-0.1, -0.05) is 0 Å². The van der Waals surface area contributed by atoms with Gasteiger partial charge in [-0.25, -0.2) is 4.98 Å². The topological polar surface area (TPSA) is 103 Å². The molecule has 0 amide bonds. The van der Waals surface area contributed by atoms with Crippen LogP contribution in [0.4, 0.5) is 5.69 Å². The van der Waals surface area contributed by atoms with Gasteiger partial charge in [-0.2, -0.15) is 0 Å². The molecule has 0 radical (unpaired) electrons. The van der Waals surface area contributed by atoms with Crippen LogP contribution < -0.4 is 20.1 Å². The third-order valence-electron chi connectivity index (χ3n) is 3.36. The number of nitrogens with one attached hydrogen (secondary N) is 2. The van der Waals surface area contributed by atoms with Crippen LogP contribution in [0.25, 0.3) is 0 Å². The summed E-state index contributed by atoms with van der Waals surface area (Å²) in [4.78, 5) is 14.3. The second kappa shape index (κ2) is 9.16. The molecule has 134 valence electrons. The molecule has 1 heterocycles. The number of hydrogen-bond donors (Lipinski definition) is 2. The zero-order valence-electron chi connectivity index (χ0n) is 14.1. The second-order valence-electron chi connectivity index (χ2n) is 5.10. The van der Waals surface area contributed by atoms with Gasteiger partial charge in [0.2, 0.25) is 0 Å². The maximum absolute atomic E-state index is 10.8. The van der Waals surface area contributed by atoms with E-state index in [0.717, 1.165) is 19.2 Å². The largest absolute Gasteiger partial charge is 0.493 e. The summed E-state index contributed by atoms with van der Waals surface area (Å²) in [6.07, 6.45) is 7.00. The molecular weight excluding hydrogens is 326 g/mol. The minimum absolute atomic E-state index is 0.294. The first kappa shape index (κ1) is 18.1. The first-order valence-corrected chi connectivity index (χ1v) is 7.66. The highest BCUT2D eigenvalue weighted by Gasteiger charge is 2.08. The fourth-order valence-electron chi connectivity index (χ4n) is 2.20. The number of aromatic nitrogens is 2. The fraction of sp³-hybridized carbons (Fsp3) is 0.312. The van der Waals surface area contributed by atoms with Crippen molar-refractivity contribution in [3.8, 4) is 11.5 Å². The lowest BCUT2D eigenvalue weighted by Crippen LogP contribution is -2.22. The highest BCUT2D eigenvalue weighted by molar-refractivity contribution is 5.56. The first-order chi connectivity index (χ1) is 12.1. The predicted molar refractivity (Wildman–Crippen MR) is 93.1 cm³/mol. The molecule has 0 saturated carbocycles. The van der Waals surface area contributed by atoms with Crippen LogP contribution in [0.1, 0.15) is 6.42 Å². The molecule has 0 unspecified atom stereocenters. The third-order valence-corrected chi connectivity index (χ3v) is 3.36. The normalized spacial score (nSPS) is 11.0. The van der Waals surface area contributed by atoms with Crippen molar-refractivity contribution in [3.05, 3.63) is 59.1 Å². The molecule has 0 atom stereocenters. The third kappa shape index (κ3) is 5.72. The molecule has 25 heavy (non-hydrogen) atoms. The summed E-state index contributed by atoms with van der Waals surface area (Å²) >= 11 is 0. The SMILES string of the molecule is COc1ccc(N/C(=C/[N+](=O)[O-])NCCCn2ccnc2)cc1OC. The molecule has 0 bridgehead atoms. The molecule has 2 N–H and O–H groups in total. The molecule has 9 nitrogen and oxygen atoms in total. The highest BCUT2D eigenvalue weighted by atomic mass is 16.6. The van der Waals surface area contributed by atoms with Crippen LogP contribution in [0.2, 0.25) is 0 Å². The van der Waals surface area contributed by atoms with E-state index in [0.29, 0.717) is 29.6 Å². The average Bonchev–Trinajstić information content (AvgIpc) is 3.11. The van der Waals surface area contributed by atoms with E-state index in [9.17, 15) is 10.1 Å². The molecule has 0 aliphatic carbocycles. The van der Waals surface area contributed by atoms with Crippen molar-refractivity contribution in [3.63, 3.8) is 0 Å². The molecule has 0 fully saturated rings. The Morgan fingerprint density at radius 3 is 2.80 bits per heavy atom. The van der Waals surface area contributed by atoms with Gasteiger partial charge in [0.05, 0.1) is 25.5 Å². The van der Waals surface area contributed by atoms with E-state index in [-0.39, 0.29) is 0 Å². The quantitative estimate of drug-likeness (QED) is 0.385. The Bertz CT molecular complexity index is 715. The van der Waals surface area contributed by atoms with Gasteiger partial charge >= 0.3 is 0 Å². The van der Waals surface area contributed by atoms with E-state index in [2.05, 4.69) is 15.6 Å². The Morgan fingerprint density at radius 1 is 1.36 bits per heavy atom. The summed E-state index contributed by atoms with van der Waals surface area (Å²) in [7, 11) is 3.08. The van der Waals surface area contributed by atoms with Crippen LogP contribution in [0.3, 0.4) is 0 Å². The summed E-state index contributed by atoms with van der Waals surface area (Å²) in [5, 5.41) is 16.8. The minimum atomic E-state index is -0.508. The van der Waals surface area contributed by atoms with Crippen molar-refractivity contribution in [2.24, 2.45) is 0 Å². The summed E-state index contributed by atoms with van der Waals surface area (Å²) < 4.78 is 12.4. The van der Waals surface area contributed by atoms with Crippen LogP contribution in [-0.4, -0.2) is 35.2 Å². The van der Waals surface area contributed by atoms with Crippen molar-refractivity contribution in [1.82, 2.24) is 14.9 Å². The number of nitro groups is 1. The van der Waals surface area contributed by atoms with Gasteiger partial charge in [-0.3, -0.25) is 10.1 Å². The van der Waals surface area contributed by atoms with Crippen molar-refractivity contribution in [2.75, 3.05) is 26.1 Å². The Hall–Kier alpha value is -3.23. The minimum Gasteiger partial charge on any atom is -0.493 e. The van der Waals surface area contributed by atoms with Gasteiger partial charge in [0.15, 0.2) is 17.3 Å². The van der Waals surface area contributed by atoms with Gasteiger partial charge in [0.25, 0.3) is 6.20 Å². The Balaban J connectivity index is 1.96. The number of rotatable bonds is 10. The molecule has 9 heteroatoms. The second-order valence-corrected chi connectivity index (χ2v) is 5.10. The molecule has 2 rings (SSSR count). The maximum atomic E-state index is 10.8. The Labute approximate surface area is 145 Å². The van der Waals surface area contributed by atoms with Gasteiger partial charge in [-0.05, 0) is 18.6 Å². The van der Waals surface area contributed by atoms with E-state index in [1.165, 1.54) is 7.11 Å². The number of benzene rings is 1. The van der Waals surface area contributed by atoms with E-state index in [1.54, 1.807) is 37.8 Å². The van der Waals surface area contributed by atoms with Gasteiger partial charge in [-0.15, -0.1) is 0 Å². The summed E-state index contributed by atoms with van der Waals surface area (Å²) in [6.45, 7) is 1.34. The molecule has 2 aromatic rings. The average molecular weight is 347 g/mol. The first-order valence-electron chi connectivity index (χ1n) is 7.66. The molecule has 1 aromatic carbocycles. The van der Waals surface area contributed by atoms with Crippen molar-refractivity contribution in [1.29, 1.82) is 0 Å². The summed E-state index contributed by atoms with van der Waals surface area (Å²) in [5.41, 5.74) is 0.646. The van der Waals surface area contributed by atoms with Gasteiger partial charge in [0, 0.05) is 37.2 Å². The molecule has 1 aromatic heterocycles. The monoisotopic (exact) mass is 347 g/mol. The number of hydrogen-bond acceptors (Lipinski definition) is 7. The standard InChI is InChI=1S/C16H21N5O4/c1-24-14-5-4-13(10-15(14)25-2)19-16(11-21(22)23)18-6-3-8-20-9-7-17-12-20/h4-5,7,9-12,18-19H,3,6,8H2,1-2H3/b16-11+. The fourth-order valence-corrected chi connectivity index (χ4v) is 2.20. The van der Waals surface area contributed by atoms with Crippen molar-refractivity contribution >= 4 is 5.69 Å². The van der Waals surface area contributed by atoms with E-state index in [1.807, 2.05) is 10.8 Å². The van der Waals surface area contributed by atoms with Crippen LogP contribution >= 0.6 is 0 Å². The lowest BCUT2D eigenvalue weighted by atomic mass is 10.2. The van der Waals surface area contributed by atoms with E-state index in [4.69, 9.17) is 9.47 Å². The van der Waals surface area contributed by atoms with Gasteiger partial charge < -0.3 is 24.7 Å². The Morgan fingerprint density at radius 2 is 2.16 bits per heavy atom. The Kier molecular flexibility index (Phi) is 6.64. The molecule has 0 aliphatic rings. The smallest absolute Gasteiger partial charge is 0.274 e. The number of anilines is 1. The van der Waals surface area contributed by atoms with Gasteiger partial charge in [0.1, 0.15) is 0 Å². The summed E-state index contributed by atoms with van der Waals surface area (Å²) in [6, 6.07) is 5.19. The van der Waals surface area contributed by atoms with Crippen LogP contribution in [0.5, 0.6) is 11.5 Å². The number of imidazole rings is 1. The van der Waals surface area contributed by atoms with Crippen LogP contribution in [0, 0.1) is 10.1 Å². The maximum Gasteiger partial charge on any atom is 0.274 e. The zero-order chi connectivity index (χ0) is 18.1. The molecule has 0 aliphatic heterocycles. The predicted octanol–water partition coefficient (Wildman–Crippen LogP) is 2.07. The van der Waals surface area contributed by atoms with Crippen molar-refractivity contribution in [2.45, 2.75) is 13.0 Å². The number of nitrogens with zero attached hydrogens (tertiary/aromatic N) is 3. The number of methoxy groups -OCH3 is 2. The lowest BCUT2D eigenvalue weighted by Gasteiger charge is -2.14. The lowest BCUT2D eigenvalue weighted by molar-refractivity contribution is -0.403. The van der Waals surface area contributed by atoms with Crippen LogP contribution in [-0.2, 0) is 6.54 Å². The highest BCUT2D eigenvalue weighted by Crippen LogP contribution is 2.30. The van der Waals surface area contributed by atoms with E-state index >= 15 is 0 Å². The van der Waals surface area contributed by atoms with Crippen molar-refractivity contribution < 1.29 is 14.4 Å². The summed E-state index contributed by atoms with van der Waals surface area (Å²) in [5.74, 6) is 1.41. The van der Waals surface area contributed by atoms with Crippen LogP contribution in [0.15, 0.2) is 48.9 Å².